The highest BCUT2D eigenvalue weighted by atomic mass is 16.2. The SMILES string of the molecule is Cc1ccc(N2CC(C(=O)Nc3c(C)cnc4c3c(=O)n(C)c(=O)n4C)CC2=O)cc1C. The molecule has 0 aliphatic carbocycles. The van der Waals surface area contributed by atoms with Crippen molar-refractivity contribution in [2.45, 2.75) is 27.2 Å². The molecule has 0 saturated carbocycles. The Morgan fingerprint density at radius 2 is 1.75 bits per heavy atom. The van der Waals surface area contributed by atoms with E-state index in [1.54, 1.807) is 11.8 Å². The summed E-state index contributed by atoms with van der Waals surface area (Å²) in [7, 11) is 2.91. The Bertz CT molecular complexity index is 1400. The molecule has 0 bridgehead atoms. The Labute approximate surface area is 184 Å². The van der Waals surface area contributed by atoms with Gasteiger partial charge in [-0.1, -0.05) is 6.07 Å². The summed E-state index contributed by atoms with van der Waals surface area (Å²) in [5, 5.41) is 3.00. The Kier molecular flexibility index (Phi) is 5.20. The number of fused-ring (bicyclic) bond motifs is 1. The fourth-order valence-electron chi connectivity index (χ4n) is 4.04. The van der Waals surface area contributed by atoms with Crippen molar-refractivity contribution in [3.63, 3.8) is 0 Å². The van der Waals surface area contributed by atoms with Gasteiger partial charge in [-0.05, 0) is 49.6 Å². The van der Waals surface area contributed by atoms with Crippen LogP contribution < -0.4 is 21.5 Å². The maximum Gasteiger partial charge on any atom is 0.332 e. The van der Waals surface area contributed by atoms with Crippen molar-refractivity contribution in [3.05, 3.63) is 61.9 Å². The Balaban J connectivity index is 1.67. The number of aryl methyl sites for hydroxylation is 4. The van der Waals surface area contributed by atoms with E-state index >= 15 is 0 Å². The number of carbonyl (C=O) groups is 2. The number of aromatic nitrogens is 3. The summed E-state index contributed by atoms with van der Waals surface area (Å²) < 4.78 is 2.26. The Morgan fingerprint density at radius 1 is 1.03 bits per heavy atom. The summed E-state index contributed by atoms with van der Waals surface area (Å²) in [4.78, 5) is 56.7. The molecule has 1 aliphatic rings. The van der Waals surface area contributed by atoms with Gasteiger partial charge in [0.15, 0.2) is 5.65 Å². The maximum absolute atomic E-state index is 13.1. The molecule has 1 saturated heterocycles. The zero-order valence-corrected chi connectivity index (χ0v) is 18.7. The van der Waals surface area contributed by atoms with Crippen LogP contribution in [0.2, 0.25) is 0 Å². The molecule has 3 aromatic rings. The molecule has 0 radical (unpaired) electrons. The number of amides is 2. The van der Waals surface area contributed by atoms with E-state index in [2.05, 4.69) is 10.3 Å². The molecule has 1 fully saturated rings. The minimum atomic E-state index is -0.567. The van der Waals surface area contributed by atoms with Gasteiger partial charge in [0.2, 0.25) is 11.8 Å². The first-order valence-corrected chi connectivity index (χ1v) is 10.3. The molecule has 1 atom stereocenters. The van der Waals surface area contributed by atoms with Gasteiger partial charge in [-0.2, -0.15) is 0 Å². The van der Waals surface area contributed by atoms with E-state index in [9.17, 15) is 19.2 Å². The smallest absolute Gasteiger partial charge is 0.325 e. The monoisotopic (exact) mass is 435 g/mol. The fraction of sp³-hybridized carbons (Fsp3) is 0.348. The molecule has 9 nitrogen and oxygen atoms in total. The number of benzene rings is 1. The van der Waals surface area contributed by atoms with Gasteiger partial charge < -0.3 is 10.2 Å². The van der Waals surface area contributed by atoms with Crippen LogP contribution >= 0.6 is 0 Å². The zero-order chi connectivity index (χ0) is 23.3. The van der Waals surface area contributed by atoms with Crippen molar-refractivity contribution >= 4 is 34.2 Å². The lowest BCUT2D eigenvalue weighted by molar-refractivity contribution is -0.122. The van der Waals surface area contributed by atoms with Crippen LogP contribution in [0.3, 0.4) is 0 Å². The lowest BCUT2D eigenvalue weighted by atomic mass is 10.1. The fourth-order valence-corrected chi connectivity index (χ4v) is 4.04. The molecular formula is C23H25N5O4. The molecule has 9 heteroatoms. The van der Waals surface area contributed by atoms with Crippen LogP contribution in [0.1, 0.15) is 23.1 Å². The van der Waals surface area contributed by atoms with Crippen molar-refractivity contribution in [2.75, 3.05) is 16.8 Å². The normalized spacial score (nSPS) is 16.1. The minimum Gasteiger partial charge on any atom is -0.325 e. The summed E-state index contributed by atoms with van der Waals surface area (Å²) >= 11 is 0. The van der Waals surface area contributed by atoms with Gasteiger partial charge in [-0.25, -0.2) is 9.78 Å². The first kappa shape index (κ1) is 21.5. The number of hydrogen-bond acceptors (Lipinski definition) is 5. The van der Waals surface area contributed by atoms with Gasteiger partial charge in [-0.15, -0.1) is 0 Å². The molecule has 1 N–H and O–H groups in total. The third-order valence-electron chi connectivity index (χ3n) is 6.20. The first-order valence-electron chi connectivity index (χ1n) is 10.3. The molecule has 32 heavy (non-hydrogen) atoms. The molecule has 2 amide bonds. The van der Waals surface area contributed by atoms with Gasteiger partial charge in [-0.3, -0.25) is 23.5 Å². The predicted octanol–water partition coefficient (Wildman–Crippen LogP) is 1.55. The largest absolute Gasteiger partial charge is 0.332 e. The van der Waals surface area contributed by atoms with Gasteiger partial charge in [0.25, 0.3) is 5.56 Å². The highest BCUT2D eigenvalue weighted by Crippen LogP contribution is 2.29. The molecule has 4 rings (SSSR count). The molecule has 1 unspecified atom stereocenters. The van der Waals surface area contributed by atoms with Crippen LogP contribution in [0.25, 0.3) is 11.0 Å². The van der Waals surface area contributed by atoms with Crippen molar-refractivity contribution in [2.24, 2.45) is 20.0 Å². The molecule has 3 heterocycles. The Hall–Kier alpha value is -3.75. The molecule has 2 aromatic heterocycles. The van der Waals surface area contributed by atoms with Crippen LogP contribution in [0.15, 0.2) is 34.0 Å². The van der Waals surface area contributed by atoms with E-state index in [4.69, 9.17) is 0 Å². The van der Waals surface area contributed by atoms with Crippen molar-refractivity contribution in [1.82, 2.24) is 14.1 Å². The quantitative estimate of drug-likeness (QED) is 0.672. The lowest BCUT2D eigenvalue weighted by Crippen LogP contribution is -2.38. The summed E-state index contributed by atoms with van der Waals surface area (Å²) in [6.45, 7) is 5.97. The molecule has 1 aliphatic heterocycles. The van der Waals surface area contributed by atoms with Gasteiger partial charge in [0.05, 0.1) is 11.6 Å². The third kappa shape index (κ3) is 3.39. The molecular weight excluding hydrogens is 410 g/mol. The highest BCUT2D eigenvalue weighted by Gasteiger charge is 2.35. The molecule has 1 aromatic carbocycles. The number of hydrogen-bond donors (Lipinski definition) is 1. The molecule has 166 valence electrons. The van der Waals surface area contributed by atoms with E-state index in [1.807, 2.05) is 32.0 Å². The second kappa shape index (κ2) is 7.74. The van der Waals surface area contributed by atoms with Crippen LogP contribution in [0, 0.1) is 26.7 Å². The second-order valence-electron chi connectivity index (χ2n) is 8.38. The average molecular weight is 435 g/mol. The number of carbonyl (C=O) groups excluding carboxylic acids is 2. The summed E-state index contributed by atoms with van der Waals surface area (Å²) in [6, 6.07) is 5.78. The number of rotatable bonds is 3. The van der Waals surface area contributed by atoms with Crippen LogP contribution in [-0.2, 0) is 23.7 Å². The van der Waals surface area contributed by atoms with Crippen LogP contribution in [0.5, 0.6) is 0 Å². The minimum absolute atomic E-state index is 0.0807. The first-order chi connectivity index (χ1) is 15.1. The van der Waals surface area contributed by atoms with E-state index < -0.39 is 17.2 Å². The number of pyridine rings is 1. The maximum atomic E-state index is 13.1. The number of anilines is 2. The number of nitrogens with one attached hydrogen (secondary N) is 1. The van der Waals surface area contributed by atoms with Gasteiger partial charge >= 0.3 is 5.69 Å². The van der Waals surface area contributed by atoms with E-state index in [1.165, 1.54) is 24.9 Å². The van der Waals surface area contributed by atoms with Crippen molar-refractivity contribution in [3.8, 4) is 0 Å². The summed E-state index contributed by atoms with van der Waals surface area (Å²) in [5.41, 5.74) is 3.04. The molecule has 0 spiro atoms. The average Bonchev–Trinajstić information content (AvgIpc) is 3.15. The second-order valence-corrected chi connectivity index (χ2v) is 8.38. The topological polar surface area (TPSA) is 106 Å². The van der Waals surface area contributed by atoms with Crippen molar-refractivity contribution in [1.29, 1.82) is 0 Å². The van der Waals surface area contributed by atoms with Crippen LogP contribution in [-0.4, -0.2) is 32.5 Å². The predicted molar refractivity (Wildman–Crippen MR) is 122 cm³/mol. The van der Waals surface area contributed by atoms with Crippen molar-refractivity contribution < 1.29 is 9.59 Å². The van der Waals surface area contributed by atoms with E-state index in [-0.39, 0.29) is 35.8 Å². The summed E-state index contributed by atoms with van der Waals surface area (Å²) in [6.07, 6.45) is 1.59. The highest BCUT2D eigenvalue weighted by molar-refractivity contribution is 6.06. The summed E-state index contributed by atoms with van der Waals surface area (Å²) in [5.74, 6) is -1.04. The van der Waals surface area contributed by atoms with Gasteiger partial charge in [0.1, 0.15) is 5.39 Å². The van der Waals surface area contributed by atoms with E-state index in [0.29, 0.717) is 11.3 Å². The van der Waals surface area contributed by atoms with Crippen LogP contribution in [0.4, 0.5) is 11.4 Å². The number of nitrogens with zero attached hydrogens (tertiary/aromatic N) is 4. The third-order valence-corrected chi connectivity index (χ3v) is 6.20. The lowest BCUT2D eigenvalue weighted by Gasteiger charge is -2.18. The Morgan fingerprint density at radius 3 is 2.44 bits per heavy atom. The van der Waals surface area contributed by atoms with E-state index in [0.717, 1.165) is 21.4 Å². The van der Waals surface area contributed by atoms with Gasteiger partial charge in [0, 0.05) is 38.9 Å². The zero-order valence-electron chi connectivity index (χ0n) is 18.7. The standard InChI is InChI=1S/C23H25N5O4/c1-12-6-7-16(8-13(12)2)28-11-15(9-17(28)29)21(30)25-19-14(3)10-24-20-18(19)22(31)27(5)23(32)26(20)4/h6-8,10,15H,9,11H2,1-5H3,(H,24,25,30).